The van der Waals surface area contributed by atoms with Gasteiger partial charge in [0.15, 0.2) is 5.78 Å². The number of ether oxygens (including phenoxy) is 1. The quantitative estimate of drug-likeness (QED) is 0.715. The van der Waals surface area contributed by atoms with Crippen molar-refractivity contribution in [1.82, 2.24) is 4.90 Å². The Morgan fingerprint density at radius 3 is 2.41 bits per heavy atom. The zero-order chi connectivity index (χ0) is 12.9. The second-order valence-electron chi connectivity index (χ2n) is 5.08. The van der Waals surface area contributed by atoms with E-state index < -0.39 is 0 Å². The van der Waals surface area contributed by atoms with Crippen molar-refractivity contribution in [3.8, 4) is 0 Å². The summed E-state index contributed by atoms with van der Waals surface area (Å²) in [6.45, 7) is 11.8. The minimum absolute atomic E-state index is 0.106. The van der Waals surface area contributed by atoms with Gasteiger partial charge in [0.05, 0.1) is 12.1 Å². The van der Waals surface area contributed by atoms with Gasteiger partial charge in [-0.15, -0.1) is 0 Å². The van der Waals surface area contributed by atoms with Gasteiger partial charge in [0.1, 0.15) is 0 Å². The van der Waals surface area contributed by atoms with Crippen LogP contribution in [-0.4, -0.2) is 42.5 Å². The molecule has 0 aliphatic carbocycles. The topological polar surface area (TPSA) is 29.5 Å². The number of rotatable bonds is 6. The Balaban J connectivity index is 2.79. The van der Waals surface area contributed by atoms with Crippen LogP contribution in [-0.2, 0) is 9.53 Å². The highest BCUT2D eigenvalue weighted by molar-refractivity contribution is 5.90. The first kappa shape index (κ1) is 14.7. The van der Waals surface area contributed by atoms with Gasteiger partial charge in [0, 0.05) is 12.5 Å². The Kier molecular flexibility index (Phi) is 5.60. The molecule has 1 aliphatic heterocycles. The van der Waals surface area contributed by atoms with E-state index in [-0.39, 0.29) is 11.5 Å². The van der Waals surface area contributed by atoms with Crippen LogP contribution in [0.3, 0.4) is 0 Å². The molecule has 0 radical (unpaired) electrons. The summed E-state index contributed by atoms with van der Waals surface area (Å²) in [4.78, 5) is 15.0. The molecule has 17 heavy (non-hydrogen) atoms. The maximum Gasteiger partial charge on any atom is 0.158 e. The van der Waals surface area contributed by atoms with Crippen molar-refractivity contribution in [3.05, 3.63) is 0 Å². The number of hydrogen-bond acceptors (Lipinski definition) is 3. The zero-order valence-corrected chi connectivity index (χ0v) is 11.8. The lowest BCUT2D eigenvalue weighted by atomic mass is 9.81. The van der Waals surface area contributed by atoms with Crippen LogP contribution in [0.2, 0.25) is 0 Å². The molecule has 3 heteroatoms. The highest BCUT2D eigenvalue weighted by Gasteiger charge is 2.40. The van der Waals surface area contributed by atoms with Gasteiger partial charge in [-0.05, 0) is 39.3 Å². The third-order valence-corrected chi connectivity index (χ3v) is 4.21. The Morgan fingerprint density at radius 1 is 1.35 bits per heavy atom. The van der Waals surface area contributed by atoms with E-state index in [9.17, 15) is 4.79 Å². The van der Waals surface area contributed by atoms with Gasteiger partial charge in [-0.2, -0.15) is 0 Å². The molecular formula is C14H27NO2. The van der Waals surface area contributed by atoms with Crippen molar-refractivity contribution in [1.29, 1.82) is 0 Å². The number of Topliss-reactive ketones (excluding diaryl/α,β-unsaturated/α-hetero) is 1. The molecule has 0 N–H and O–H groups in total. The van der Waals surface area contributed by atoms with E-state index >= 15 is 0 Å². The largest absolute Gasteiger partial charge is 0.381 e. The van der Waals surface area contributed by atoms with Crippen molar-refractivity contribution in [2.24, 2.45) is 5.92 Å². The molecule has 3 nitrogen and oxygen atoms in total. The van der Waals surface area contributed by atoms with Crippen LogP contribution >= 0.6 is 0 Å². The normalized spacial score (nSPS) is 24.6. The summed E-state index contributed by atoms with van der Waals surface area (Å²) < 4.78 is 5.45. The number of likely N-dealkylation sites (N-methyl/N-ethyl adjacent to an activating group) is 1. The van der Waals surface area contributed by atoms with Gasteiger partial charge in [0.2, 0.25) is 0 Å². The molecule has 2 unspecified atom stereocenters. The lowest BCUT2D eigenvalue weighted by Crippen LogP contribution is -2.55. The summed E-state index contributed by atoms with van der Waals surface area (Å²) in [5.41, 5.74) is -0.311. The van der Waals surface area contributed by atoms with Crippen LogP contribution in [0, 0.1) is 5.92 Å². The van der Waals surface area contributed by atoms with E-state index in [1.54, 1.807) is 0 Å². The standard InChI is InChI=1S/C14H27NO2/c1-5-14(4,15(6-2)7-3)13(16)12-9-8-10-17-11-12/h12H,5-11H2,1-4H3. The molecule has 1 rings (SSSR count). The number of carbonyl (C=O) groups excluding carboxylic acids is 1. The van der Waals surface area contributed by atoms with Crippen LogP contribution < -0.4 is 0 Å². The van der Waals surface area contributed by atoms with Crippen LogP contribution in [0.1, 0.15) is 47.0 Å². The predicted molar refractivity (Wildman–Crippen MR) is 70.2 cm³/mol. The van der Waals surface area contributed by atoms with E-state index in [0.717, 1.165) is 39.0 Å². The average molecular weight is 241 g/mol. The third-order valence-electron chi connectivity index (χ3n) is 4.21. The lowest BCUT2D eigenvalue weighted by molar-refractivity contribution is -0.138. The molecule has 1 heterocycles. The first-order valence-electron chi connectivity index (χ1n) is 6.97. The molecule has 0 spiro atoms. The molecule has 1 fully saturated rings. The molecule has 2 atom stereocenters. The zero-order valence-electron chi connectivity index (χ0n) is 11.8. The van der Waals surface area contributed by atoms with Gasteiger partial charge >= 0.3 is 0 Å². The Morgan fingerprint density at radius 2 is 2.00 bits per heavy atom. The second kappa shape index (κ2) is 6.50. The van der Waals surface area contributed by atoms with Gasteiger partial charge in [0.25, 0.3) is 0 Å². The maximum absolute atomic E-state index is 12.7. The molecule has 1 saturated heterocycles. The smallest absolute Gasteiger partial charge is 0.158 e. The van der Waals surface area contributed by atoms with Crippen molar-refractivity contribution in [2.45, 2.75) is 52.5 Å². The molecule has 0 amide bonds. The summed E-state index contributed by atoms with van der Waals surface area (Å²) >= 11 is 0. The highest BCUT2D eigenvalue weighted by Crippen LogP contribution is 2.27. The molecule has 0 aromatic heterocycles. The van der Waals surface area contributed by atoms with Crippen LogP contribution in [0.5, 0.6) is 0 Å². The minimum atomic E-state index is -0.311. The fourth-order valence-corrected chi connectivity index (χ4v) is 2.86. The first-order chi connectivity index (χ1) is 8.10. The van der Waals surface area contributed by atoms with E-state index in [1.807, 2.05) is 0 Å². The van der Waals surface area contributed by atoms with Crippen molar-refractivity contribution in [3.63, 3.8) is 0 Å². The van der Waals surface area contributed by atoms with Crippen molar-refractivity contribution in [2.75, 3.05) is 26.3 Å². The van der Waals surface area contributed by atoms with Gasteiger partial charge < -0.3 is 4.74 Å². The minimum Gasteiger partial charge on any atom is -0.381 e. The van der Waals surface area contributed by atoms with Gasteiger partial charge in [-0.3, -0.25) is 9.69 Å². The van der Waals surface area contributed by atoms with Crippen LogP contribution in [0.4, 0.5) is 0 Å². The van der Waals surface area contributed by atoms with E-state index in [4.69, 9.17) is 4.74 Å². The number of hydrogen-bond donors (Lipinski definition) is 0. The molecule has 0 aromatic carbocycles. The van der Waals surface area contributed by atoms with Gasteiger partial charge in [-0.1, -0.05) is 20.8 Å². The molecule has 100 valence electrons. The lowest BCUT2D eigenvalue weighted by Gasteiger charge is -2.41. The van der Waals surface area contributed by atoms with Crippen LogP contribution in [0.15, 0.2) is 0 Å². The molecular weight excluding hydrogens is 214 g/mol. The monoisotopic (exact) mass is 241 g/mol. The molecule has 1 aliphatic rings. The highest BCUT2D eigenvalue weighted by atomic mass is 16.5. The fraction of sp³-hybridized carbons (Fsp3) is 0.929. The van der Waals surface area contributed by atoms with E-state index in [0.29, 0.717) is 12.4 Å². The summed E-state index contributed by atoms with van der Waals surface area (Å²) in [5.74, 6) is 0.484. The van der Waals surface area contributed by atoms with E-state index in [1.165, 1.54) is 0 Å². The molecule has 0 aromatic rings. The van der Waals surface area contributed by atoms with Crippen LogP contribution in [0.25, 0.3) is 0 Å². The molecule has 0 saturated carbocycles. The van der Waals surface area contributed by atoms with Crippen molar-refractivity contribution >= 4 is 5.78 Å². The summed E-state index contributed by atoms with van der Waals surface area (Å²) in [6, 6.07) is 0. The third kappa shape index (κ3) is 3.08. The second-order valence-corrected chi connectivity index (χ2v) is 5.08. The fourth-order valence-electron chi connectivity index (χ4n) is 2.86. The van der Waals surface area contributed by atoms with Gasteiger partial charge in [-0.25, -0.2) is 0 Å². The Hall–Kier alpha value is -0.410. The number of ketones is 1. The summed E-state index contributed by atoms with van der Waals surface area (Å²) in [5, 5.41) is 0. The Bertz CT molecular complexity index is 245. The maximum atomic E-state index is 12.7. The first-order valence-corrected chi connectivity index (χ1v) is 6.97. The number of carbonyl (C=O) groups is 1. The number of nitrogens with zero attached hydrogens (tertiary/aromatic N) is 1. The average Bonchev–Trinajstić information content (AvgIpc) is 2.39. The summed E-state index contributed by atoms with van der Waals surface area (Å²) in [7, 11) is 0. The molecule has 0 bridgehead atoms. The Labute approximate surface area is 106 Å². The predicted octanol–water partition coefficient (Wildman–Crippen LogP) is 2.49. The SMILES string of the molecule is CCN(CC)C(C)(CC)C(=O)C1CCCOC1. The summed E-state index contributed by atoms with van der Waals surface area (Å²) in [6.07, 6.45) is 2.90. The van der Waals surface area contributed by atoms with E-state index in [2.05, 4.69) is 32.6 Å². The van der Waals surface area contributed by atoms with Crippen molar-refractivity contribution < 1.29 is 9.53 Å².